The molecule has 20 heavy (non-hydrogen) atoms. The average Bonchev–Trinajstić information content (AvgIpc) is 2.93. The average molecular weight is 395 g/mol. The summed E-state index contributed by atoms with van der Waals surface area (Å²) in [6, 6.07) is 0.602. The molecule has 0 aromatic heterocycles. The van der Waals surface area contributed by atoms with Crippen LogP contribution in [0, 0.1) is 5.92 Å². The van der Waals surface area contributed by atoms with Crippen molar-refractivity contribution in [1.29, 1.82) is 0 Å². The van der Waals surface area contributed by atoms with E-state index in [-0.39, 0.29) is 24.0 Å². The lowest BCUT2D eigenvalue weighted by atomic mass is 9.87. The molecule has 1 saturated heterocycles. The summed E-state index contributed by atoms with van der Waals surface area (Å²) in [5.41, 5.74) is 0. The van der Waals surface area contributed by atoms with Crippen LogP contribution in [-0.4, -0.2) is 38.3 Å². The molecular weight excluding hydrogens is 365 g/mol. The molecule has 1 aliphatic heterocycles. The quantitative estimate of drug-likeness (QED) is 0.437. The third-order valence-corrected chi connectivity index (χ3v) is 4.36. The largest absolute Gasteiger partial charge is 0.378 e. The number of halogens is 1. The lowest BCUT2D eigenvalue weighted by Crippen LogP contribution is -2.45. The molecular formula is C15H30IN3O. The maximum Gasteiger partial charge on any atom is 0.191 e. The standard InChI is InChI=1S/C15H29N3O.HI/c1-12-5-7-13(8-6-12)18-15(16-2)17-10-9-14-4-3-11-19-14;/h12-14H,3-11H2,1-2H3,(H2,16,17,18);1H. The number of nitrogens with zero attached hydrogens (tertiary/aromatic N) is 1. The normalized spacial score (nSPS) is 30.7. The van der Waals surface area contributed by atoms with Crippen LogP contribution in [-0.2, 0) is 4.74 Å². The van der Waals surface area contributed by atoms with Gasteiger partial charge in [0.2, 0.25) is 0 Å². The number of aliphatic imine (C=N–C) groups is 1. The van der Waals surface area contributed by atoms with Crippen LogP contribution in [0.5, 0.6) is 0 Å². The van der Waals surface area contributed by atoms with E-state index in [4.69, 9.17) is 4.74 Å². The molecule has 1 aliphatic carbocycles. The van der Waals surface area contributed by atoms with Gasteiger partial charge in [0.05, 0.1) is 6.10 Å². The fourth-order valence-electron chi connectivity index (χ4n) is 3.02. The smallest absolute Gasteiger partial charge is 0.191 e. The van der Waals surface area contributed by atoms with E-state index in [2.05, 4.69) is 22.5 Å². The lowest BCUT2D eigenvalue weighted by Gasteiger charge is -2.28. The molecule has 0 amide bonds. The molecule has 2 rings (SSSR count). The maximum atomic E-state index is 5.63. The minimum atomic E-state index is 0. The molecule has 1 atom stereocenters. The van der Waals surface area contributed by atoms with Crippen molar-refractivity contribution in [3.05, 3.63) is 0 Å². The summed E-state index contributed by atoms with van der Waals surface area (Å²) in [5, 5.41) is 6.96. The highest BCUT2D eigenvalue weighted by molar-refractivity contribution is 14.0. The summed E-state index contributed by atoms with van der Waals surface area (Å²) < 4.78 is 5.63. The minimum absolute atomic E-state index is 0. The van der Waals surface area contributed by atoms with Crippen molar-refractivity contribution in [1.82, 2.24) is 10.6 Å². The highest BCUT2D eigenvalue weighted by Gasteiger charge is 2.19. The Morgan fingerprint density at radius 1 is 1.20 bits per heavy atom. The zero-order valence-electron chi connectivity index (χ0n) is 12.9. The number of guanidine groups is 1. The van der Waals surface area contributed by atoms with Gasteiger partial charge in [-0.1, -0.05) is 6.92 Å². The maximum absolute atomic E-state index is 5.63. The van der Waals surface area contributed by atoms with Crippen LogP contribution in [0.3, 0.4) is 0 Å². The van der Waals surface area contributed by atoms with Gasteiger partial charge < -0.3 is 15.4 Å². The van der Waals surface area contributed by atoms with Crippen LogP contribution >= 0.6 is 24.0 Å². The van der Waals surface area contributed by atoms with E-state index in [1.807, 2.05) is 7.05 Å². The first-order chi connectivity index (χ1) is 9.28. The first kappa shape index (κ1) is 18.0. The molecule has 0 spiro atoms. The second kappa shape index (κ2) is 9.82. The molecule has 1 saturated carbocycles. The van der Waals surface area contributed by atoms with E-state index in [1.165, 1.54) is 38.5 Å². The lowest BCUT2D eigenvalue weighted by molar-refractivity contribution is 0.105. The molecule has 0 radical (unpaired) electrons. The van der Waals surface area contributed by atoms with E-state index < -0.39 is 0 Å². The Morgan fingerprint density at radius 3 is 2.55 bits per heavy atom. The van der Waals surface area contributed by atoms with Crippen molar-refractivity contribution in [3.8, 4) is 0 Å². The number of hydrogen-bond donors (Lipinski definition) is 2. The summed E-state index contributed by atoms with van der Waals surface area (Å²) in [7, 11) is 1.85. The van der Waals surface area contributed by atoms with Crippen LogP contribution in [0.4, 0.5) is 0 Å². The van der Waals surface area contributed by atoms with Crippen molar-refractivity contribution in [3.63, 3.8) is 0 Å². The molecule has 2 N–H and O–H groups in total. The summed E-state index contributed by atoms with van der Waals surface area (Å²) in [5.74, 6) is 1.85. The highest BCUT2D eigenvalue weighted by Crippen LogP contribution is 2.23. The van der Waals surface area contributed by atoms with Gasteiger partial charge in [0.25, 0.3) is 0 Å². The van der Waals surface area contributed by atoms with Crippen molar-refractivity contribution in [2.45, 2.75) is 64.0 Å². The van der Waals surface area contributed by atoms with Crippen LogP contribution < -0.4 is 10.6 Å². The molecule has 5 heteroatoms. The Labute approximate surface area is 140 Å². The molecule has 1 heterocycles. The van der Waals surface area contributed by atoms with Crippen molar-refractivity contribution >= 4 is 29.9 Å². The fourth-order valence-corrected chi connectivity index (χ4v) is 3.02. The second-order valence-corrected chi connectivity index (χ2v) is 6.02. The molecule has 2 aliphatic rings. The van der Waals surface area contributed by atoms with Crippen LogP contribution in [0.25, 0.3) is 0 Å². The molecule has 1 unspecified atom stereocenters. The van der Waals surface area contributed by atoms with Crippen molar-refractivity contribution in [2.75, 3.05) is 20.2 Å². The Balaban J connectivity index is 0.00000200. The predicted octanol–water partition coefficient (Wildman–Crippen LogP) is 2.92. The van der Waals surface area contributed by atoms with Crippen molar-refractivity contribution in [2.24, 2.45) is 10.9 Å². The van der Waals surface area contributed by atoms with E-state index in [9.17, 15) is 0 Å². The first-order valence-electron chi connectivity index (χ1n) is 7.86. The summed E-state index contributed by atoms with van der Waals surface area (Å²) in [4.78, 5) is 4.32. The monoisotopic (exact) mass is 395 g/mol. The molecule has 4 nitrogen and oxygen atoms in total. The number of nitrogens with one attached hydrogen (secondary N) is 2. The zero-order chi connectivity index (χ0) is 13.5. The number of rotatable bonds is 4. The second-order valence-electron chi connectivity index (χ2n) is 6.02. The Bertz CT molecular complexity index is 285. The van der Waals surface area contributed by atoms with Gasteiger partial charge in [0.15, 0.2) is 5.96 Å². The Morgan fingerprint density at radius 2 is 1.95 bits per heavy atom. The van der Waals surface area contributed by atoms with Gasteiger partial charge in [-0.25, -0.2) is 0 Å². The summed E-state index contributed by atoms with van der Waals surface area (Å²) in [6.07, 6.45) is 9.20. The first-order valence-corrected chi connectivity index (χ1v) is 7.86. The zero-order valence-corrected chi connectivity index (χ0v) is 15.2. The molecule has 2 fully saturated rings. The molecule has 0 bridgehead atoms. The van der Waals surface area contributed by atoms with Gasteiger partial charge in [-0.2, -0.15) is 0 Å². The molecule has 0 aromatic carbocycles. The topological polar surface area (TPSA) is 45.7 Å². The molecule has 118 valence electrons. The Kier molecular flexibility index (Phi) is 8.84. The third kappa shape index (κ3) is 6.16. The van der Waals surface area contributed by atoms with E-state index >= 15 is 0 Å². The fraction of sp³-hybridized carbons (Fsp3) is 0.933. The van der Waals surface area contributed by atoms with Gasteiger partial charge >= 0.3 is 0 Å². The van der Waals surface area contributed by atoms with Crippen LogP contribution in [0.2, 0.25) is 0 Å². The van der Waals surface area contributed by atoms with E-state index in [0.29, 0.717) is 12.1 Å². The SMILES string of the molecule is CN=C(NCCC1CCCO1)NC1CCC(C)CC1.I. The van der Waals surface area contributed by atoms with Gasteiger partial charge in [-0.15, -0.1) is 24.0 Å². The number of ether oxygens (including phenoxy) is 1. The minimum Gasteiger partial charge on any atom is -0.378 e. The van der Waals surface area contributed by atoms with Gasteiger partial charge in [-0.3, -0.25) is 4.99 Å². The highest BCUT2D eigenvalue weighted by atomic mass is 127. The van der Waals surface area contributed by atoms with Crippen LogP contribution in [0.15, 0.2) is 4.99 Å². The van der Waals surface area contributed by atoms with Gasteiger partial charge in [-0.05, 0) is 50.9 Å². The van der Waals surface area contributed by atoms with E-state index in [0.717, 1.165) is 31.4 Å². The molecule has 0 aromatic rings. The third-order valence-electron chi connectivity index (χ3n) is 4.36. The van der Waals surface area contributed by atoms with Crippen LogP contribution in [0.1, 0.15) is 51.9 Å². The van der Waals surface area contributed by atoms with Gasteiger partial charge in [0, 0.05) is 26.2 Å². The number of hydrogen-bond acceptors (Lipinski definition) is 2. The Hall–Kier alpha value is -0.0400. The summed E-state index contributed by atoms with van der Waals surface area (Å²) in [6.45, 7) is 4.25. The van der Waals surface area contributed by atoms with E-state index in [1.54, 1.807) is 0 Å². The predicted molar refractivity (Wildman–Crippen MR) is 94.9 cm³/mol. The summed E-state index contributed by atoms with van der Waals surface area (Å²) >= 11 is 0. The van der Waals surface area contributed by atoms with Gasteiger partial charge in [0.1, 0.15) is 0 Å². The van der Waals surface area contributed by atoms with Crippen molar-refractivity contribution < 1.29 is 4.74 Å².